The van der Waals surface area contributed by atoms with Crippen molar-refractivity contribution in [3.63, 3.8) is 0 Å². The van der Waals surface area contributed by atoms with E-state index in [2.05, 4.69) is 15.3 Å². The Morgan fingerprint density at radius 1 is 1.57 bits per heavy atom. The van der Waals surface area contributed by atoms with Crippen molar-refractivity contribution in [2.45, 2.75) is 18.7 Å². The third kappa shape index (κ3) is 3.69. The van der Waals surface area contributed by atoms with Crippen molar-refractivity contribution in [2.75, 3.05) is 5.94 Å². The normalized spacial score (nSPS) is 9.93. The average Bonchev–Trinajstić information content (AvgIpc) is 2.08. The summed E-state index contributed by atoms with van der Waals surface area (Å²) in [7, 11) is 2.68. The highest BCUT2D eigenvalue weighted by Gasteiger charge is 2.00. The Labute approximate surface area is 90.6 Å². The number of hydrogen-bond acceptors (Lipinski definition) is 3. The Hall–Kier alpha value is -0.530. The quantitative estimate of drug-likeness (QED) is 0.343. The molecule has 1 aromatic carbocycles. The fourth-order valence-electron chi connectivity index (χ4n) is 0.975. The first-order valence-electron chi connectivity index (χ1n) is 4.22. The minimum absolute atomic E-state index is 0.241. The fourth-order valence-corrected chi connectivity index (χ4v) is 2.33. The van der Waals surface area contributed by atoms with E-state index in [4.69, 9.17) is 4.74 Å². The minimum Gasteiger partial charge on any atom is -0.454 e. The van der Waals surface area contributed by atoms with Gasteiger partial charge in [-0.2, -0.15) is 0 Å². The molecule has 0 N–H and O–H groups in total. The predicted octanol–water partition coefficient (Wildman–Crippen LogP) is 2.11. The van der Waals surface area contributed by atoms with Gasteiger partial charge in [0.15, 0.2) is 0 Å². The fraction of sp³-hybridized carbons (Fsp3) is 0.300. The molecule has 0 saturated heterocycles. The van der Waals surface area contributed by atoms with Crippen molar-refractivity contribution >= 4 is 32.3 Å². The molecule has 76 valence electrons. The van der Waals surface area contributed by atoms with Crippen LogP contribution in [0.1, 0.15) is 12.5 Å². The van der Waals surface area contributed by atoms with Crippen LogP contribution in [0.5, 0.6) is 0 Å². The molecule has 4 heteroatoms. The highest BCUT2D eigenvalue weighted by Crippen LogP contribution is 2.18. The molecule has 1 unspecified atom stereocenters. The van der Waals surface area contributed by atoms with Crippen LogP contribution in [-0.2, 0) is 9.53 Å². The van der Waals surface area contributed by atoms with Gasteiger partial charge in [0.05, 0.1) is 0 Å². The molecule has 0 aliphatic rings. The average molecular weight is 228 g/mol. The summed E-state index contributed by atoms with van der Waals surface area (Å²) in [6, 6.07) is 6.16. The van der Waals surface area contributed by atoms with Crippen molar-refractivity contribution in [3.05, 3.63) is 23.8 Å². The van der Waals surface area contributed by atoms with Crippen molar-refractivity contribution in [3.8, 4) is 0 Å². The molecule has 0 fully saturated rings. The number of esters is 1. The van der Waals surface area contributed by atoms with Crippen LogP contribution in [0.4, 0.5) is 0 Å². The van der Waals surface area contributed by atoms with Gasteiger partial charge in [-0.15, -0.1) is 9.24 Å². The molecule has 0 aromatic heterocycles. The lowest BCUT2D eigenvalue weighted by Crippen LogP contribution is -2.01. The van der Waals surface area contributed by atoms with E-state index >= 15 is 0 Å². The first kappa shape index (κ1) is 11.5. The second kappa shape index (κ2) is 5.38. The Morgan fingerprint density at radius 2 is 2.29 bits per heavy atom. The molecule has 1 aromatic rings. The van der Waals surface area contributed by atoms with Gasteiger partial charge in [0, 0.05) is 11.8 Å². The maximum absolute atomic E-state index is 10.5. The molecule has 0 bridgehead atoms. The lowest BCUT2D eigenvalue weighted by molar-refractivity contribution is -0.138. The van der Waals surface area contributed by atoms with Gasteiger partial charge in [0.2, 0.25) is 0 Å². The smallest absolute Gasteiger partial charge is 0.303 e. The Kier molecular flexibility index (Phi) is 4.43. The van der Waals surface area contributed by atoms with Crippen LogP contribution in [-0.4, -0.2) is 11.9 Å². The predicted molar refractivity (Wildman–Crippen MR) is 63.0 cm³/mol. The lowest BCUT2D eigenvalue weighted by Gasteiger charge is -2.05. The van der Waals surface area contributed by atoms with E-state index in [1.807, 2.05) is 19.1 Å². The van der Waals surface area contributed by atoms with Gasteiger partial charge >= 0.3 is 5.97 Å². The van der Waals surface area contributed by atoms with E-state index in [0.717, 1.165) is 10.2 Å². The third-order valence-electron chi connectivity index (χ3n) is 1.64. The molecule has 0 amide bonds. The SMILES string of the molecule is CC(=O)OCSc1ccc(C)cc1P. The van der Waals surface area contributed by atoms with Crippen molar-refractivity contribution in [1.29, 1.82) is 0 Å². The standard InChI is InChI=1S/C10H13O2PS/c1-7-3-4-10(9(13)5-7)14-6-12-8(2)11/h3-5H,6,13H2,1-2H3. The number of carbonyl (C=O) groups is 1. The van der Waals surface area contributed by atoms with Crippen molar-refractivity contribution in [1.82, 2.24) is 0 Å². The molecule has 0 heterocycles. The Bertz CT molecular complexity index is 339. The van der Waals surface area contributed by atoms with Crippen LogP contribution in [0, 0.1) is 6.92 Å². The van der Waals surface area contributed by atoms with Gasteiger partial charge in [0.1, 0.15) is 5.94 Å². The van der Waals surface area contributed by atoms with Gasteiger partial charge in [-0.1, -0.05) is 29.5 Å². The molecule has 2 nitrogen and oxygen atoms in total. The Morgan fingerprint density at radius 3 is 2.86 bits per heavy atom. The molecule has 1 rings (SSSR count). The van der Waals surface area contributed by atoms with E-state index in [-0.39, 0.29) is 5.97 Å². The number of ether oxygens (including phenoxy) is 1. The topological polar surface area (TPSA) is 26.3 Å². The van der Waals surface area contributed by atoms with Crippen LogP contribution >= 0.6 is 21.0 Å². The Balaban J connectivity index is 2.55. The molecule has 1 atom stereocenters. The zero-order valence-electron chi connectivity index (χ0n) is 8.24. The zero-order chi connectivity index (χ0) is 10.6. The summed E-state index contributed by atoms with van der Waals surface area (Å²) < 4.78 is 4.85. The van der Waals surface area contributed by atoms with Gasteiger partial charge in [-0.3, -0.25) is 4.79 Å². The highest BCUT2D eigenvalue weighted by atomic mass is 32.2. The van der Waals surface area contributed by atoms with Gasteiger partial charge < -0.3 is 4.74 Å². The second-order valence-corrected chi connectivity index (χ2v) is 4.53. The summed E-state index contributed by atoms with van der Waals surface area (Å²) in [5.74, 6) is 0.134. The number of carbonyl (C=O) groups excluding carboxylic acids is 1. The summed E-state index contributed by atoms with van der Waals surface area (Å²) >= 11 is 1.52. The van der Waals surface area contributed by atoms with E-state index in [1.165, 1.54) is 24.2 Å². The molecule has 0 radical (unpaired) electrons. The van der Waals surface area contributed by atoms with Crippen molar-refractivity contribution < 1.29 is 9.53 Å². The maximum atomic E-state index is 10.5. The highest BCUT2D eigenvalue weighted by molar-refractivity contribution is 7.99. The van der Waals surface area contributed by atoms with Crippen LogP contribution < -0.4 is 5.30 Å². The summed E-state index contributed by atoms with van der Waals surface area (Å²) in [6.45, 7) is 3.46. The minimum atomic E-state index is -0.241. The van der Waals surface area contributed by atoms with E-state index < -0.39 is 0 Å². The van der Waals surface area contributed by atoms with Gasteiger partial charge in [0.25, 0.3) is 0 Å². The molecule has 0 aliphatic heterocycles. The summed E-state index contributed by atoms with van der Waals surface area (Å²) in [4.78, 5) is 11.7. The largest absolute Gasteiger partial charge is 0.454 e. The third-order valence-corrected chi connectivity index (χ3v) is 3.25. The molecular formula is C10H13O2PS. The van der Waals surface area contributed by atoms with E-state index in [1.54, 1.807) is 0 Å². The second-order valence-electron chi connectivity index (χ2n) is 2.94. The number of thioether (sulfide) groups is 1. The summed E-state index contributed by atoms with van der Waals surface area (Å²) in [5.41, 5.74) is 1.23. The first-order chi connectivity index (χ1) is 6.59. The van der Waals surface area contributed by atoms with Crippen molar-refractivity contribution in [2.24, 2.45) is 0 Å². The number of rotatable bonds is 3. The number of benzene rings is 1. The first-order valence-corrected chi connectivity index (χ1v) is 5.78. The molecular weight excluding hydrogens is 215 g/mol. The van der Waals surface area contributed by atoms with Gasteiger partial charge in [-0.25, -0.2) is 0 Å². The van der Waals surface area contributed by atoms with Crippen LogP contribution in [0.2, 0.25) is 0 Å². The molecule has 0 spiro atoms. The van der Waals surface area contributed by atoms with Crippen LogP contribution in [0.15, 0.2) is 23.1 Å². The summed E-state index contributed by atoms with van der Waals surface area (Å²) in [5, 5.41) is 1.14. The summed E-state index contributed by atoms with van der Waals surface area (Å²) in [6.07, 6.45) is 0. The lowest BCUT2D eigenvalue weighted by atomic mass is 10.2. The van der Waals surface area contributed by atoms with Crippen LogP contribution in [0.3, 0.4) is 0 Å². The maximum Gasteiger partial charge on any atom is 0.303 e. The molecule has 0 saturated carbocycles. The molecule has 0 aliphatic carbocycles. The van der Waals surface area contributed by atoms with E-state index in [0.29, 0.717) is 5.94 Å². The van der Waals surface area contributed by atoms with Gasteiger partial charge in [-0.05, 0) is 18.3 Å². The van der Waals surface area contributed by atoms with E-state index in [9.17, 15) is 4.79 Å². The molecule has 14 heavy (non-hydrogen) atoms. The van der Waals surface area contributed by atoms with Crippen LogP contribution in [0.25, 0.3) is 0 Å². The number of hydrogen-bond donors (Lipinski definition) is 0. The zero-order valence-corrected chi connectivity index (χ0v) is 10.2. The number of aryl methyl sites for hydroxylation is 1. The monoisotopic (exact) mass is 228 g/mol.